The van der Waals surface area contributed by atoms with Crippen LogP contribution in [0.2, 0.25) is 0 Å². The molecule has 0 aromatic heterocycles. The third-order valence-electron chi connectivity index (χ3n) is 9.46. The van der Waals surface area contributed by atoms with Crippen LogP contribution in [-0.2, 0) is 19.7 Å². The molecule has 1 N–H and O–H groups in total. The quantitative estimate of drug-likeness (QED) is 0.525. The van der Waals surface area contributed by atoms with Gasteiger partial charge in [-0.3, -0.25) is 19.0 Å². The fraction of sp³-hybridized carbons (Fsp3) is 0.913. The first kappa shape index (κ1) is 20.9. The summed E-state index contributed by atoms with van der Waals surface area (Å²) in [4.78, 5) is 28.9. The fourth-order valence-electron chi connectivity index (χ4n) is 8.62. The maximum Gasteiger partial charge on any atom is 0.266 e. The Morgan fingerprint density at radius 1 is 0.900 bits per heavy atom. The van der Waals surface area contributed by atoms with Crippen LogP contribution in [0.15, 0.2) is 0 Å². The lowest BCUT2D eigenvalue weighted by molar-refractivity contribution is -0.158. The molecule has 0 radical (unpaired) electrons. The molecule has 168 valence electrons. The second-order valence-corrected chi connectivity index (χ2v) is 13.4. The zero-order valence-electron chi connectivity index (χ0n) is 18.2. The van der Waals surface area contributed by atoms with Crippen molar-refractivity contribution in [3.63, 3.8) is 0 Å². The molecule has 0 aromatic rings. The molecule has 4 atom stereocenters. The zero-order valence-corrected chi connectivity index (χ0v) is 19.0. The van der Waals surface area contributed by atoms with Gasteiger partial charge >= 0.3 is 0 Å². The molecule has 0 spiro atoms. The molecule has 0 aliphatic heterocycles. The Balaban J connectivity index is 1.40. The summed E-state index contributed by atoms with van der Waals surface area (Å²) in [7, 11) is -4.25. The number of carbonyl (C=O) groups excluding carboxylic acids is 2. The standard InChI is InChI=1S/C23H35NO5S/c1-14-5-16-10-22(2,11-17(16)6-14)20(25)24(3-4-30(27,28)29)21(26)23-9-15-7-18(12-23)19(8-15)13-23/h14-19H,3-13H2,1-2H3,(H,27,28,29). The largest absolute Gasteiger partial charge is 0.285 e. The molecule has 0 saturated heterocycles. The van der Waals surface area contributed by atoms with E-state index < -0.39 is 26.7 Å². The van der Waals surface area contributed by atoms with Gasteiger partial charge in [0.15, 0.2) is 0 Å². The van der Waals surface area contributed by atoms with Gasteiger partial charge in [-0.05, 0) is 93.3 Å². The Morgan fingerprint density at radius 3 is 1.93 bits per heavy atom. The van der Waals surface area contributed by atoms with E-state index in [4.69, 9.17) is 0 Å². The van der Waals surface area contributed by atoms with Crippen LogP contribution in [0.4, 0.5) is 0 Å². The number of amides is 2. The number of fused-ring (bicyclic) bond motifs is 1. The molecule has 0 aromatic carbocycles. The maximum absolute atomic E-state index is 13.8. The first-order valence-corrected chi connectivity index (χ1v) is 13.4. The van der Waals surface area contributed by atoms with Gasteiger partial charge in [0.05, 0.1) is 11.2 Å². The lowest BCUT2D eigenvalue weighted by Gasteiger charge is -2.41. The predicted molar refractivity (Wildman–Crippen MR) is 112 cm³/mol. The molecule has 6 rings (SSSR count). The predicted octanol–water partition coefficient (Wildman–Crippen LogP) is 3.52. The fourth-order valence-corrected chi connectivity index (χ4v) is 9.03. The minimum atomic E-state index is -4.25. The Bertz CT molecular complexity index is 833. The van der Waals surface area contributed by atoms with Crippen molar-refractivity contribution in [3.05, 3.63) is 0 Å². The summed E-state index contributed by atoms with van der Waals surface area (Å²) in [5.74, 6) is 2.59. The second kappa shape index (κ2) is 6.77. The third kappa shape index (κ3) is 3.35. The van der Waals surface area contributed by atoms with Gasteiger partial charge in [-0.1, -0.05) is 13.8 Å². The van der Waals surface area contributed by atoms with Gasteiger partial charge in [0.1, 0.15) is 0 Å². The average molecular weight is 438 g/mol. The molecule has 6 fully saturated rings. The van der Waals surface area contributed by atoms with Gasteiger partial charge in [-0.15, -0.1) is 0 Å². The van der Waals surface area contributed by atoms with E-state index in [9.17, 15) is 22.6 Å². The molecule has 6 nitrogen and oxygen atoms in total. The first-order chi connectivity index (χ1) is 14.0. The van der Waals surface area contributed by atoms with Gasteiger partial charge in [-0.25, -0.2) is 0 Å². The zero-order chi connectivity index (χ0) is 21.5. The molecule has 6 aliphatic carbocycles. The minimum absolute atomic E-state index is 0.153. The van der Waals surface area contributed by atoms with Crippen LogP contribution in [0.25, 0.3) is 0 Å². The minimum Gasteiger partial charge on any atom is -0.285 e. The Kier molecular flexibility index (Phi) is 4.72. The van der Waals surface area contributed by atoms with E-state index in [2.05, 4.69) is 6.92 Å². The summed E-state index contributed by atoms with van der Waals surface area (Å²) in [6.07, 6.45) is 8.81. The van der Waals surface area contributed by atoms with Crippen molar-refractivity contribution in [2.24, 2.45) is 46.3 Å². The Morgan fingerprint density at radius 2 is 1.43 bits per heavy atom. The summed E-state index contributed by atoms with van der Waals surface area (Å²) < 4.78 is 32.3. The lowest BCUT2D eigenvalue weighted by atomic mass is 9.68. The van der Waals surface area contributed by atoms with Crippen LogP contribution < -0.4 is 0 Å². The Hall–Kier alpha value is -0.950. The van der Waals surface area contributed by atoms with Gasteiger partial charge in [0.2, 0.25) is 11.8 Å². The van der Waals surface area contributed by atoms with Crippen LogP contribution in [-0.4, -0.2) is 42.0 Å². The highest BCUT2D eigenvalue weighted by Crippen LogP contribution is 2.65. The maximum atomic E-state index is 13.8. The van der Waals surface area contributed by atoms with Gasteiger partial charge in [0.25, 0.3) is 10.1 Å². The van der Waals surface area contributed by atoms with E-state index >= 15 is 0 Å². The van der Waals surface area contributed by atoms with E-state index in [-0.39, 0.29) is 18.4 Å². The summed E-state index contributed by atoms with van der Waals surface area (Å²) in [6, 6.07) is 0. The highest BCUT2D eigenvalue weighted by molar-refractivity contribution is 7.85. The van der Waals surface area contributed by atoms with Gasteiger partial charge in [-0.2, -0.15) is 8.42 Å². The molecule has 7 heteroatoms. The first-order valence-electron chi connectivity index (χ1n) is 11.8. The number of rotatable bonds is 5. The van der Waals surface area contributed by atoms with Crippen molar-refractivity contribution in [1.29, 1.82) is 0 Å². The molecule has 6 saturated carbocycles. The molecule has 0 heterocycles. The summed E-state index contributed by atoms with van der Waals surface area (Å²) in [6.45, 7) is 4.02. The van der Waals surface area contributed by atoms with Crippen molar-refractivity contribution in [1.82, 2.24) is 4.90 Å². The monoisotopic (exact) mass is 437 g/mol. The van der Waals surface area contributed by atoms with Crippen LogP contribution in [0.3, 0.4) is 0 Å². The summed E-state index contributed by atoms with van der Waals surface area (Å²) in [5.41, 5.74) is -1.08. The molecular formula is C23H35NO5S. The third-order valence-corrected chi connectivity index (χ3v) is 10.2. The number of carbonyl (C=O) groups is 2. The number of nitrogens with zero attached hydrogens (tertiary/aromatic N) is 1. The summed E-state index contributed by atoms with van der Waals surface area (Å²) >= 11 is 0. The van der Waals surface area contributed by atoms with Crippen molar-refractivity contribution in [3.8, 4) is 0 Å². The van der Waals surface area contributed by atoms with E-state index in [1.807, 2.05) is 6.92 Å². The molecule has 6 aliphatic rings. The molecule has 4 bridgehead atoms. The smallest absolute Gasteiger partial charge is 0.266 e. The van der Waals surface area contributed by atoms with Crippen molar-refractivity contribution in [2.45, 2.75) is 71.6 Å². The molecule has 30 heavy (non-hydrogen) atoms. The van der Waals surface area contributed by atoms with Crippen molar-refractivity contribution >= 4 is 21.9 Å². The number of hydrogen-bond acceptors (Lipinski definition) is 4. The van der Waals surface area contributed by atoms with Crippen molar-refractivity contribution in [2.75, 3.05) is 12.3 Å². The summed E-state index contributed by atoms with van der Waals surface area (Å²) in [5, 5.41) is 0. The number of imide groups is 1. The van der Waals surface area contributed by atoms with E-state index in [0.717, 1.165) is 44.9 Å². The Labute approximate surface area is 179 Å². The molecule has 4 unspecified atom stereocenters. The highest BCUT2D eigenvalue weighted by atomic mass is 32.2. The number of hydrogen-bond donors (Lipinski definition) is 1. The van der Waals surface area contributed by atoms with Crippen LogP contribution >= 0.6 is 0 Å². The molecular weight excluding hydrogens is 402 g/mol. The van der Waals surface area contributed by atoms with Crippen LogP contribution in [0.1, 0.15) is 71.6 Å². The van der Waals surface area contributed by atoms with E-state index in [0.29, 0.717) is 35.5 Å². The highest BCUT2D eigenvalue weighted by Gasteiger charge is 2.61. The van der Waals surface area contributed by atoms with E-state index in [1.165, 1.54) is 17.7 Å². The van der Waals surface area contributed by atoms with Crippen LogP contribution in [0.5, 0.6) is 0 Å². The molecule has 2 amide bonds. The van der Waals surface area contributed by atoms with Crippen molar-refractivity contribution < 1.29 is 22.6 Å². The van der Waals surface area contributed by atoms with Crippen LogP contribution in [0, 0.1) is 46.3 Å². The second-order valence-electron chi connectivity index (χ2n) is 11.9. The average Bonchev–Trinajstić information content (AvgIpc) is 3.29. The lowest BCUT2D eigenvalue weighted by Crippen LogP contribution is -2.53. The van der Waals surface area contributed by atoms with E-state index in [1.54, 1.807) is 0 Å². The van der Waals surface area contributed by atoms with Gasteiger partial charge < -0.3 is 0 Å². The van der Waals surface area contributed by atoms with Gasteiger partial charge in [0, 0.05) is 12.0 Å². The normalized spacial score (nSPS) is 46.4. The topological polar surface area (TPSA) is 91.8 Å². The SMILES string of the molecule is CC1CC2CC(C)(C(=O)N(CCS(=O)(=O)O)C(=O)C34CC5CC(C3)C(C5)C4)CC2C1.